The number of aryl methyl sites for hydroxylation is 2. The molecule has 0 saturated heterocycles. The van der Waals surface area contributed by atoms with E-state index < -0.39 is 6.10 Å². The maximum absolute atomic E-state index is 12.2. The molecule has 1 atom stereocenters. The predicted molar refractivity (Wildman–Crippen MR) is 94.0 cm³/mol. The molecule has 0 spiro atoms. The summed E-state index contributed by atoms with van der Waals surface area (Å²) in [7, 11) is 0. The second-order valence-corrected chi connectivity index (χ2v) is 5.96. The summed E-state index contributed by atoms with van der Waals surface area (Å²) in [6.45, 7) is 3.98. The summed E-state index contributed by atoms with van der Waals surface area (Å²) in [5.74, 6) is 1.16. The average molecular weight is 323 g/mol. The van der Waals surface area contributed by atoms with E-state index in [-0.39, 0.29) is 5.91 Å². The molecule has 0 aliphatic carbocycles. The Hall–Kier alpha value is -2.59. The fourth-order valence-corrected chi connectivity index (χ4v) is 2.97. The Morgan fingerprint density at radius 2 is 1.92 bits per heavy atom. The number of fused-ring (bicyclic) bond motifs is 1. The molecule has 0 aliphatic rings. The minimum absolute atomic E-state index is 0.172. The first-order chi connectivity index (χ1) is 11.6. The second-order valence-electron chi connectivity index (χ2n) is 5.96. The molecule has 1 heterocycles. The van der Waals surface area contributed by atoms with Crippen LogP contribution in [0, 0.1) is 13.8 Å². The van der Waals surface area contributed by atoms with Crippen molar-refractivity contribution >= 4 is 16.7 Å². The number of aliphatic hydroxyl groups excluding tert-OH is 1. The molecule has 0 fully saturated rings. The molecular weight excluding hydrogens is 302 g/mol. The van der Waals surface area contributed by atoms with Crippen molar-refractivity contribution in [2.24, 2.45) is 0 Å². The van der Waals surface area contributed by atoms with Crippen molar-refractivity contribution in [2.75, 3.05) is 6.54 Å². The fourth-order valence-electron chi connectivity index (χ4n) is 2.97. The summed E-state index contributed by atoms with van der Waals surface area (Å²) in [5, 5.41) is 15.5. The highest BCUT2D eigenvalue weighted by Gasteiger charge is 2.15. The average Bonchev–Trinajstić information content (AvgIpc) is 2.92. The molecule has 2 N–H and O–H groups in total. The molecule has 1 aromatic heterocycles. The van der Waals surface area contributed by atoms with Gasteiger partial charge in [0.05, 0.1) is 11.7 Å². The van der Waals surface area contributed by atoms with Crippen molar-refractivity contribution in [3.05, 3.63) is 71.2 Å². The highest BCUT2D eigenvalue weighted by molar-refractivity contribution is 5.95. The Labute approximate surface area is 141 Å². The third-order valence-corrected chi connectivity index (χ3v) is 4.17. The van der Waals surface area contributed by atoms with Gasteiger partial charge in [0.1, 0.15) is 11.5 Å². The van der Waals surface area contributed by atoms with Gasteiger partial charge < -0.3 is 14.8 Å². The predicted octanol–water partition coefficient (Wildman–Crippen LogP) is 3.90. The number of hydrogen-bond acceptors (Lipinski definition) is 3. The van der Waals surface area contributed by atoms with E-state index in [1.54, 1.807) is 13.0 Å². The normalized spacial score (nSPS) is 12.3. The summed E-state index contributed by atoms with van der Waals surface area (Å²) in [6, 6.07) is 15.6. The lowest BCUT2D eigenvalue weighted by atomic mass is 9.99. The van der Waals surface area contributed by atoms with Crippen molar-refractivity contribution in [3.63, 3.8) is 0 Å². The maximum Gasteiger partial charge on any atom is 0.254 e. The van der Waals surface area contributed by atoms with Gasteiger partial charge in [-0.3, -0.25) is 4.79 Å². The SMILES string of the molecule is Cc1cc(C(=O)NCC[C@@H](O)c2cccc3ccccc23)c(C)o1. The van der Waals surface area contributed by atoms with Crippen LogP contribution in [0.3, 0.4) is 0 Å². The van der Waals surface area contributed by atoms with Crippen LogP contribution in [0.5, 0.6) is 0 Å². The standard InChI is InChI=1S/C20H21NO3/c1-13-12-18(14(2)24-13)20(23)21-11-10-19(22)17-9-5-7-15-6-3-4-8-16(15)17/h3-9,12,19,22H,10-11H2,1-2H3,(H,21,23)/t19-/m1/s1. The lowest BCUT2D eigenvalue weighted by molar-refractivity contribution is 0.0941. The highest BCUT2D eigenvalue weighted by atomic mass is 16.3. The Bertz CT molecular complexity index is 861. The van der Waals surface area contributed by atoms with Crippen LogP contribution in [-0.4, -0.2) is 17.6 Å². The van der Waals surface area contributed by atoms with Crippen LogP contribution in [0.25, 0.3) is 10.8 Å². The van der Waals surface area contributed by atoms with E-state index in [0.29, 0.717) is 30.0 Å². The summed E-state index contributed by atoms with van der Waals surface area (Å²) >= 11 is 0. The van der Waals surface area contributed by atoms with Gasteiger partial charge in [0, 0.05) is 6.54 Å². The van der Waals surface area contributed by atoms with Gasteiger partial charge in [-0.1, -0.05) is 42.5 Å². The van der Waals surface area contributed by atoms with E-state index in [1.807, 2.05) is 49.4 Å². The lowest BCUT2D eigenvalue weighted by Gasteiger charge is -2.14. The first-order valence-electron chi connectivity index (χ1n) is 8.07. The van der Waals surface area contributed by atoms with Gasteiger partial charge in [-0.15, -0.1) is 0 Å². The number of rotatable bonds is 5. The Morgan fingerprint density at radius 1 is 1.17 bits per heavy atom. The molecule has 24 heavy (non-hydrogen) atoms. The van der Waals surface area contributed by atoms with Crippen LogP contribution in [-0.2, 0) is 0 Å². The molecule has 3 rings (SSSR count). The van der Waals surface area contributed by atoms with Gasteiger partial charge in [0.15, 0.2) is 0 Å². The van der Waals surface area contributed by atoms with E-state index in [4.69, 9.17) is 4.42 Å². The van der Waals surface area contributed by atoms with Crippen molar-refractivity contribution in [1.82, 2.24) is 5.32 Å². The fraction of sp³-hybridized carbons (Fsp3) is 0.250. The third-order valence-electron chi connectivity index (χ3n) is 4.17. The zero-order chi connectivity index (χ0) is 17.1. The molecule has 0 radical (unpaired) electrons. The van der Waals surface area contributed by atoms with Crippen LogP contribution >= 0.6 is 0 Å². The molecule has 4 nitrogen and oxygen atoms in total. The smallest absolute Gasteiger partial charge is 0.254 e. The maximum atomic E-state index is 12.2. The Balaban J connectivity index is 1.64. The third kappa shape index (κ3) is 3.34. The van der Waals surface area contributed by atoms with Crippen LogP contribution in [0.2, 0.25) is 0 Å². The van der Waals surface area contributed by atoms with Gasteiger partial charge >= 0.3 is 0 Å². The van der Waals surface area contributed by atoms with E-state index in [2.05, 4.69) is 5.32 Å². The minimum Gasteiger partial charge on any atom is -0.466 e. The number of amides is 1. The molecular formula is C20H21NO3. The summed E-state index contributed by atoms with van der Waals surface area (Å²) in [6.07, 6.45) is -0.168. The first-order valence-corrected chi connectivity index (χ1v) is 8.07. The van der Waals surface area contributed by atoms with E-state index in [1.165, 1.54) is 0 Å². The molecule has 2 aromatic carbocycles. The Kier molecular flexibility index (Phi) is 4.67. The van der Waals surface area contributed by atoms with Gasteiger partial charge in [0.2, 0.25) is 0 Å². The van der Waals surface area contributed by atoms with Crippen LogP contribution in [0.1, 0.15) is 40.0 Å². The first kappa shape index (κ1) is 16.3. The molecule has 0 unspecified atom stereocenters. The molecule has 4 heteroatoms. The number of aliphatic hydroxyl groups is 1. The van der Waals surface area contributed by atoms with Crippen LogP contribution in [0.15, 0.2) is 52.9 Å². The van der Waals surface area contributed by atoms with E-state index >= 15 is 0 Å². The molecule has 1 amide bonds. The van der Waals surface area contributed by atoms with Crippen molar-refractivity contribution in [1.29, 1.82) is 0 Å². The van der Waals surface area contributed by atoms with Gasteiger partial charge in [-0.2, -0.15) is 0 Å². The molecule has 3 aromatic rings. The largest absolute Gasteiger partial charge is 0.466 e. The quantitative estimate of drug-likeness (QED) is 0.748. The van der Waals surface area contributed by atoms with Gasteiger partial charge in [-0.25, -0.2) is 0 Å². The number of carbonyl (C=O) groups is 1. The topological polar surface area (TPSA) is 62.5 Å². The van der Waals surface area contributed by atoms with Gasteiger partial charge in [-0.05, 0) is 42.7 Å². The number of hydrogen-bond donors (Lipinski definition) is 2. The lowest BCUT2D eigenvalue weighted by Crippen LogP contribution is -2.25. The molecule has 0 saturated carbocycles. The number of nitrogens with one attached hydrogen (secondary N) is 1. The number of carbonyl (C=O) groups excluding carboxylic acids is 1. The van der Waals surface area contributed by atoms with Crippen LogP contribution < -0.4 is 5.32 Å². The molecule has 124 valence electrons. The zero-order valence-corrected chi connectivity index (χ0v) is 13.9. The van der Waals surface area contributed by atoms with E-state index in [9.17, 15) is 9.90 Å². The van der Waals surface area contributed by atoms with Gasteiger partial charge in [0.25, 0.3) is 5.91 Å². The van der Waals surface area contributed by atoms with Crippen molar-refractivity contribution in [3.8, 4) is 0 Å². The Morgan fingerprint density at radius 3 is 2.67 bits per heavy atom. The van der Waals surface area contributed by atoms with Crippen molar-refractivity contribution in [2.45, 2.75) is 26.4 Å². The summed E-state index contributed by atoms with van der Waals surface area (Å²) < 4.78 is 5.37. The summed E-state index contributed by atoms with van der Waals surface area (Å²) in [5.41, 5.74) is 1.44. The molecule has 0 bridgehead atoms. The molecule has 0 aliphatic heterocycles. The van der Waals surface area contributed by atoms with Crippen molar-refractivity contribution < 1.29 is 14.3 Å². The monoisotopic (exact) mass is 323 g/mol. The highest BCUT2D eigenvalue weighted by Crippen LogP contribution is 2.25. The van der Waals surface area contributed by atoms with E-state index in [0.717, 1.165) is 16.3 Å². The summed E-state index contributed by atoms with van der Waals surface area (Å²) in [4.78, 5) is 12.2. The number of benzene rings is 2. The minimum atomic E-state index is -0.622. The second kappa shape index (κ2) is 6.89. The number of furan rings is 1. The van der Waals surface area contributed by atoms with Crippen LogP contribution in [0.4, 0.5) is 0 Å². The zero-order valence-electron chi connectivity index (χ0n) is 13.9.